The van der Waals surface area contributed by atoms with Gasteiger partial charge in [-0.15, -0.1) is 0 Å². The van der Waals surface area contributed by atoms with Gasteiger partial charge >= 0.3 is 0 Å². The van der Waals surface area contributed by atoms with Crippen molar-refractivity contribution in [2.75, 3.05) is 106 Å². The summed E-state index contributed by atoms with van der Waals surface area (Å²) in [6.07, 6.45) is 0. The summed E-state index contributed by atoms with van der Waals surface area (Å²) < 4.78 is 32.2. The normalized spacial score (nSPS) is 11.2. The third-order valence-electron chi connectivity index (χ3n) is 2.85. The lowest BCUT2D eigenvalue weighted by atomic mass is 10.6. The summed E-state index contributed by atoms with van der Waals surface area (Å²) in [6, 6.07) is 0. The summed E-state index contributed by atoms with van der Waals surface area (Å²) in [7, 11) is 3.80. The van der Waals surface area contributed by atoms with Gasteiger partial charge in [0.25, 0.3) is 0 Å². The van der Waals surface area contributed by atoms with E-state index in [4.69, 9.17) is 28.4 Å². The van der Waals surface area contributed by atoms with Gasteiger partial charge in [0.2, 0.25) is 0 Å². The molecule has 0 unspecified atom stereocenters. The zero-order valence-corrected chi connectivity index (χ0v) is 15.3. The summed E-state index contributed by atoms with van der Waals surface area (Å²) in [5, 5.41) is 6.03. The summed E-state index contributed by atoms with van der Waals surface area (Å²) in [4.78, 5) is 0. The molecular weight excluding hydrogens is 316 g/mol. The van der Waals surface area contributed by atoms with Crippen molar-refractivity contribution < 1.29 is 28.4 Å². The highest BCUT2D eigenvalue weighted by Gasteiger charge is 1.94. The standard InChI is InChI=1S/C16H36N2O6/c1-17-3-5-19-7-9-21-11-13-23-15-16-24-14-12-22-10-8-20-6-4-18-2/h17-18H,3-16H2,1-2H3. The van der Waals surface area contributed by atoms with Crippen LogP contribution in [-0.4, -0.2) is 106 Å². The molecule has 0 aliphatic rings. The van der Waals surface area contributed by atoms with Crippen LogP contribution in [-0.2, 0) is 28.4 Å². The van der Waals surface area contributed by atoms with Crippen molar-refractivity contribution in [2.45, 2.75) is 0 Å². The first-order valence-electron chi connectivity index (χ1n) is 8.67. The van der Waals surface area contributed by atoms with Gasteiger partial charge in [-0.2, -0.15) is 0 Å². The largest absolute Gasteiger partial charge is 0.378 e. The SMILES string of the molecule is CNCCOCCOCCOCCOCCOCCOCCNC. The zero-order chi connectivity index (χ0) is 17.6. The number of likely N-dealkylation sites (N-methyl/N-ethyl adjacent to an activating group) is 2. The van der Waals surface area contributed by atoms with Crippen molar-refractivity contribution in [3.8, 4) is 0 Å². The third-order valence-corrected chi connectivity index (χ3v) is 2.85. The molecule has 0 saturated heterocycles. The molecule has 0 atom stereocenters. The molecule has 0 aromatic carbocycles. The molecule has 0 aliphatic carbocycles. The van der Waals surface area contributed by atoms with Crippen molar-refractivity contribution in [2.24, 2.45) is 0 Å². The highest BCUT2D eigenvalue weighted by molar-refractivity contribution is 4.39. The molecule has 0 aliphatic heterocycles. The van der Waals surface area contributed by atoms with E-state index in [-0.39, 0.29) is 0 Å². The van der Waals surface area contributed by atoms with Crippen molar-refractivity contribution >= 4 is 0 Å². The Balaban J connectivity index is 2.93. The molecule has 0 radical (unpaired) electrons. The Morgan fingerprint density at radius 2 is 0.583 bits per heavy atom. The van der Waals surface area contributed by atoms with Crippen LogP contribution in [0.15, 0.2) is 0 Å². The van der Waals surface area contributed by atoms with Crippen LogP contribution in [0, 0.1) is 0 Å². The molecule has 0 fully saturated rings. The van der Waals surface area contributed by atoms with Crippen LogP contribution in [0.1, 0.15) is 0 Å². The average molecular weight is 352 g/mol. The van der Waals surface area contributed by atoms with Crippen LogP contribution in [0.2, 0.25) is 0 Å². The van der Waals surface area contributed by atoms with E-state index in [0.29, 0.717) is 79.3 Å². The number of nitrogens with one attached hydrogen (secondary N) is 2. The van der Waals surface area contributed by atoms with Crippen LogP contribution in [0.3, 0.4) is 0 Å². The Bertz CT molecular complexity index is 203. The molecular formula is C16H36N2O6. The topological polar surface area (TPSA) is 79.4 Å². The first-order valence-corrected chi connectivity index (χ1v) is 8.67. The minimum Gasteiger partial charge on any atom is -0.378 e. The van der Waals surface area contributed by atoms with Gasteiger partial charge < -0.3 is 39.1 Å². The van der Waals surface area contributed by atoms with E-state index in [9.17, 15) is 0 Å². The molecule has 8 heteroatoms. The molecule has 0 rings (SSSR count). The number of ether oxygens (including phenoxy) is 6. The van der Waals surface area contributed by atoms with Gasteiger partial charge in [-0.25, -0.2) is 0 Å². The molecule has 8 nitrogen and oxygen atoms in total. The van der Waals surface area contributed by atoms with Crippen molar-refractivity contribution in [1.82, 2.24) is 10.6 Å². The smallest absolute Gasteiger partial charge is 0.0701 e. The molecule has 0 bridgehead atoms. The molecule has 0 heterocycles. The molecule has 0 aromatic heterocycles. The summed E-state index contributed by atoms with van der Waals surface area (Å²) in [5.41, 5.74) is 0. The summed E-state index contributed by atoms with van der Waals surface area (Å²) in [6.45, 7) is 8.98. The van der Waals surface area contributed by atoms with Gasteiger partial charge in [-0.1, -0.05) is 0 Å². The van der Waals surface area contributed by atoms with Crippen LogP contribution in [0.5, 0.6) is 0 Å². The van der Waals surface area contributed by atoms with E-state index in [1.54, 1.807) is 0 Å². The quantitative estimate of drug-likeness (QED) is 0.268. The predicted molar refractivity (Wildman–Crippen MR) is 92.8 cm³/mol. The number of hydrogen-bond donors (Lipinski definition) is 2. The van der Waals surface area contributed by atoms with Crippen molar-refractivity contribution in [1.29, 1.82) is 0 Å². The van der Waals surface area contributed by atoms with Gasteiger partial charge in [0.1, 0.15) is 0 Å². The Kier molecular flexibility index (Phi) is 22.4. The summed E-state index contributed by atoms with van der Waals surface area (Å²) >= 11 is 0. The third kappa shape index (κ3) is 21.7. The second kappa shape index (κ2) is 22.7. The van der Waals surface area contributed by atoms with E-state index in [2.05, 4.69) is 10.6 Å². The maximum absolute atomic E-state index is 5.39. The van der Waals surface area contributed by atoms with Crippen LogP contribution in [0.25, 0.3) is 0 Å². The highest BCUT2D eigenvalue weighted by atomic mass is 16.6. The Hall–Kier alpha value is -0.320. The number of hydrogen-bond acceptors (Lipinski definition) is 8. The first-order chi connectivity index (χ1) is 11.9. The predicted octanol–water partition coefficient (Wildman–Crippen LogP) is -0.475. The second-order valence-electron chi connectivity index (χ2n) is 4.88. The molecule has 24 heavy (non-hydrogen) atoms. The van der Waals surface area contributed by atoms with E-state index < -0.39 is 0 Å². The molecule has 0 amide bonds. The van der Waals surface area contributed by atoms with E-state index in [1.165, 1.54) is 0 Å². The Morgan fingerprint density at radius 3 is 0.792 bits per heavy atom. The maximum atomic E-state index is 5.39. The van der Waals surface area contributed by atoms with Crippen molar-refractivity contribution in [3.05, 3.63) is 0 Å². The fourth-order valence-electron chi connectivity index (χ4n) is 1.55. The van der Waals surface area contributed by atoms with E-state index in [0.717, 1.165) is 13.1 Å². The molecule has 2 N–H and O–H groups in total. The van der Waals surface area contributed by atoms with Gasteiger partial charge in [-0.05, 0) is 14.1 Å². The highest BCUT2D eigenvalue weighted by Crippen LogP contribution is 1.84. The van der Waals surface area contributed by atoms with Crippen LogP contribution < -0.4 is 10.6 Å². The zero-order valence-electron chi connectivity index (χ0n) is 15.3. The van der Waals surface area contributed by atoms with Gasteiger partial charge in [0.05, 0.1) is 79.3 Å². The Morgan fingerprint density at radius 1 is 0.375 bits per heavy atom. The first kappa shape index (κ1) is 23.7. The minimum absolute atomic E-state index is 0.565. The van der Waals surface area contributed by atoms with Crippen molar-refractivity contribution in [3.63, 3.8) is 0 Å². The average Bonchev–Trinajstić information content (AvgIpc) is 2.60. The lowest BCUT2D eigenvalue weighted by Crippen LogP contribution is -2.17. The van der Waals surface area contributed by atoms with E-state index in [1.807, 2.05) is 14.1 Å². The maximum Gasteiger partial charge on any atom is 0.0701 e. The molecule has 0 spiro atoms. The summed E-state index contributed by atoms with van der Waals surface area (Å²) in [5.74, 6) is 0. The van der Waals surface area contributed by atoms with Gasteiger partial charge in [0.15, 0.2) is 0 Å². The fraction of sp³-hybridized carbons (Fsp3) is 1.00. The van der Waals surface area contributed by atoms with E-state index >= 15 is 0 Å². The molecule has 0 saturated carbocycles. The second-order valence-corrected chi connectivity index (χ2v) is 4.88. The minimum atomic E-state index is 0.565. The monoisotopic (exact) mass is 352 g/mol. The van der Waals surface area contributed by atoms with Gasteiger partial charge in [0, 0.05) is 13.1 Å². The lowest BCUT2D eigenvalue weighted by molar-refractivity contribution is -0.0163. The molecule has 0 aromatic rings. The lowest BCUT2D eigenvalue weighted by Gasteiger charge is -2.08. The van der Waals surface area contributed by atoms with Crippen LogP contribution in [0.4, 0.5) is 0 Å². The Labute approximate surface area is 146 Å². The fourth-order valence-corrected chi connectivity index (χ4v) is 1.55. The van der Waals surface area contributed by atoms with Gasteiger partial charge in [-0.3, -0.25) is 0 Å². The number of rotatable bonds is 21. The molecule has 146 valence electrons. The van der Waals surface area contributed by atoms with Crippen LogP contribution >= 0.6 is 0 Å².